The number of carbonyl (C=O) groups excluding carboxylic acids is 1. The molecule has 0 aliphatic rings. The molecule has 20 heavy (non-hydrogen) atoms. The van der Waals surface area contributed by atoms with Crippen LogP contribution in [0, 0.1) is 6.92 Å². The second-order valence-corrected chi connectivity index (χ2v) is 6.27. The molecule has 0 saturated carbocycles. The number of hydrogen-bond acceptors (Lipinski definition) is 5. The number of rotatable bonds is 7. The van der Waals surface area contributed by atoms with E-state index in [4.69, 9.17) is 8.92 Å². The van der Waals surface area contributed by atoms with Gasteiger partial charge in [-0.25, -0.2) is 0 Å². The highest BCUT2D eigenvalue weighted by molar-refractivity contribution is 7.86. The quantitative estimate of drug-likeness (QED) is 0.439. The van der Waals surface area contributed by atoms with E-state index in [2.05, 4.69) is 0 Å². The van der Waals surface area contributed by atoms with Crippen LogP contribution in [-0.4, -0.2) is 27.1 Å². The maximum absolute atomic E-state index is 11.9. The fourth-order valence-corrected chi connectivity index (χ4v) is 2.60. The van der Waals surface area contributed by atoms with E-state index in [1.165, 1.54) is 19.1 Å². The predicted molar refractivity (Wildman–Crippen MR) is 74.8 cm³/mol. The molecular weight excluding hydrogens is 280 g/mol. The second-order valence-electron chi connectivity index (χ2n) is 4.65. The third-order valence-electron chi connectivity index (χ3n) is 2.67. The molecule has 1 rings (SSSR count). The van der Waals surface area contributed by atoms with Gasteiger partial charge in [0, 0.05) is 6.92 Å². The van der Waals surface area contributed by atoms with Gasteiger partial charge in [0.2, 0.25) is 0 Å². The van der Waals surface area contributed by atoms with Gasteiger partial charge in [-0.05, 0) is 38.8 Å². The van der Waals surface area contributed by atoms with E-state index in [1.807, 2.05) is 6.92 Å². The summed E-state index contributed by atoms with van der Waals surface area (Å²) in [6, 6.07) is 6.48. The van der Waals surface area contributed by atoms with Crippen LogP contribution in [0.1, 0.15) is 32.3 Å². The van der Waals surface area contributed by atoms with Crippen molar-refractivity contribution < 1.29 is 22.1 Å². The van der Waals surface area contributed by atoms with E-state index in [0.29, 0.717) is 12.8 Å². The Balaban J connectivity index is 2.41. The van der Waals surface area contributed by atoms with Crippen LogP contribution in [0.3, 0.4) is 0 Å². The molecule has 1 atom stereocenters. The Morgan fingerprint density at radius 3 is 2.40 bits per heavy atom. The molecule has 0 aliphatic heterocycles. The van der Waals surface area contributed by atoms with Gasteiger partial charge in [0.15, 0.2) is 0 Å². The lowest BCUT2D eigenvalue weighted by atomic mass is 10.2. The number of carbonyl (C=O) groups is 1. The molecule has 0 spiro atoms. The van der Waals surface area contributed by atoms with Crippen molar-refractivity contribution in [3.63, 3.8) is 0 Å². The highest BCUT2D eigenvalue weighted by Crippen LogP contribution is 2.14. The molecule has 1 aromatic carbocycles. The average molecular weight is 300 g/mol. The smallest absolute Gasteiger partial charge is 0.302 e. The SMILES string of the molecule is CC(=O)O[C@H](C)CCCOS(=O)(=O)c1ccc(C)cc1. The fraction of sp³-hybridized carbons (Fsp3) is 0.500. The molecule has 0 aliphatic carbocycles. The highest BCUT2D eigenvalue weighted by Gasteiger charge is 2.15. The lowest BCUT2D eigenvalue weighted by molar-refractivity contribution is -0.145. The van der Waals surface area contributed by atoms with E-state index in [-0.39, 0.29) is 23.6 Å². The molecule has 0 saturated heterocycles. The maximum atomic E-state index is 11.9. The summed E-state index contributed by atoms with van der Waals surface area (Å²) in [5, 5.41) is 0. The van der Waals surface area contributed by atoms with E-state index >= 15 is 0 Å². The molecular formula is C14H20O5S. The Morgan fingerprint density at radius 2 is 1.85 bits per heavy atom. The second kappa shape index (κ2) is 7.40. The Labute approximate surface area is 120 Å². The number of aryl methyl sites for hydroxylation is 1. The van der Waals surface area contributed by atoms with E-state index in [1.54, 1.807) is 19.1 Å². The maximum Gasteiger partial charge on any atom is 0.302 e. The van der Waals surface area contributed by atoms with Gasteiger partial charge in [0.05, 0.1) is 17.6 Å². The summed E-state index contributed by atoms with van der Waals surface area (Å²) in [6.07, 6.45) is 0.820. The summed E-state index contributed by atoms with van der Waals surface area (Å²) < 4.78 is 33.6. The van der Waals surface area contributed by atoms with Crippen molar-refractivity contribution in [1.29, 1.82) is 0 Å². The lowest BCUT2D eigenvalue weighted by Gasteiger charge is -2.11. The molecule has 6 heteroatoms. The summed E-state index contributed by atoms with van der Waals surface area (Å²) in [6.45, 7) is 5.06. The van der Waals surface area contributed by atoms with Gasteiger partial charge >= 0.3 is 5.97 Å². The van der Waals surface area contributed by atoms with Crippen LogP contribution >= 0.6 is 0 Å². The van der Waals surface area contributed by atoms with Crippen molar-refractivity contribution in [2.75, 3.05) is 6.61 Å². The number of hydrogen-bond donors (Lipinski definition) is 0. The van der Waals surface area contributed by atoms with Crippen LogP contribution in [0.5, 0.6) is 0 Å². The Kier molecular flexibility index (Phi) is 6.16. The molecule has 0 radical (unpaired) electrons. The standard InChI is InChI=1S/C14H20O5S/c1-11-6-8-14(9-7-11)20(16,17)18-10-4-5-12(2)19-13(3)15/h6-9,12H,4-5,10H2,1-3H3/t12-/m1/s1. The average Bonchev–Trinajstić information content (AvgIpc) is 2.34. The van der Waals surface area contributed by atoms with Gasteiger partial charge < -0.3 is 4.74 Å². The van der Waals surface area contributed by atoms with E-state index < -0.39 is 10.1 Å². The van der Waals surface area contributed by atoms with Gasteiger partial charge in [-0.1, -0.05) is 17.7 Å². The summed E-state index contributed by atoms with van der Waals surface area (Å²) in [4.78, 5) is 10.9. The zero-order valence-corrected chi connectivity index (χ0v) is 12.8. The predicted octanol–water partition coefficient (Wildman–Crippen LogP) is 2.43. The first-order chi connectivity index (χ1) is 9.31. The Morgan fingerprint density at radius 1 is 1.25 bits per heavy atom. The summed E-state index contributed by atoms with van der Waals surface area (Å²) in [5.74, 6) is -0.342. The van der Waals surface area contributed by atoms with Crippen molar-refractivity contribution in [3.05, 3.63) is 29.8 Å². The third kappa shape index (κ3) is 5.71. The molecule has 0 heterocycles. The summed E-state index contributed by atoms with van der Waals surface area (Å²) in [5.41, 5.74) is 0.985. The molecule has 1 aromatic rings. The third-order valence-corrected chi connectivity index (χ3v) is 4.00. The van der Waals surface area contributed by atoms with Crippen LogP contribution in [0.2, 0.25) is 0 Å². The Hall–Kier alpha value is -1.40. The van der Waals surface area contributed by atoms with Crippen LogP contribution in [0.25, 0.3) is 0 Å². The molecule has 0 N–H and O–H groups in total. The number of benzene rings is 1. The zero-order chi connectivity index (χ0) is 15.2. The fourth-order valence-electron chi connectivity index (χ4n) is 1.65. The number of esters is 1. The first-order valence-electron chi connectivity index (χ1n) is 6.44. The van der Waals surface area contributed by atoms with Gasteiger partial charge in [-0.2, -0.15) is 8.42 Å². The first-order valence-corrected chi connectivity index (χ1v) is 7.85. The topological polar surface area (TPSA) is 69.7 Å². The number of ether oxygens (including phenoxy) is 1. The first kappa shape index (κ1) is 16.7. The van der Waals surface area contributed by atoms with Gasteiger partial charge in [-0.15, -0.1) is 0 Å². The minimum atomic E-state index is -3.71. The van der Waals surface area contributed by atoms with Crippen LogP contribution in [0.4, 0.5) is 0 Å². The van der Waals surface area contributed by atoms with Gasteiger partial charge in [0.1, 0.15) is 0 Å². The summed E-state index contributed by atoms with van der Waals surface area (Å²) >= 11 is 0. The molecule has 0 amide bonds. The minimum Gasteiger partial charge on any atom is -0.463 e. The van der Waals surface area contributed by atoms with Crippen molar-refractivity contribution >= 4 is 16.1 Å². The molecule has 0 fully saturated rings. The van der Waals surface area contributed by atoms with E-state index in [9.17, 15) is 13.2 Å². The van der Waals surface area contributed by atoms with Crippen molar-refractivity contribution in [3.8, 4) is 0 Å². The monoisotopic (exact) mass is 300 g/mol. The molecule has 0 bridgehead atoms. The van der Waals surface area contributed by atoms with Gasteiger partial charge in [0.25, 0.3) is 10.1 Å². The Bertz CT molecular complexity index is 533. The van der Waals surface area contributed by atoms with Crippen molar-refractivity contribution in [1.82, 2.24) is 0 Å². The van der Waals surface area contributed by atoms with Gasteiger partial charge in [-0.3, -0.25) is 8.98 Å². The minimum absolute atomic E-state index is 0.0712. The normalized spacial score (nSPS) is 12.9. The molecule has 0 aromatic heterocycles. The van der Waals surface area contributed by atoms with Crippen LogP contribution < -0.4 is 0 Å². The van der Waals surface area contributed by atoms with Crippen LogP contribution in [-0.2, 0) is 23.8 Å². The van der Waals surface area contributed by atoms with E-state index in [0.717, 1.165) is 5.56 Å². The van der Waals surface area contributed by atoms with Crippen molar-refractivity contribution in [2.24, 2.45) is 0 Å². The lowest BCUT2D eigenvalue weighted by Crippen LogP contribution is -2.14. The largest absolute Gasteiger partial charge is 0.463 e. The van der Waals surface area contributed by atoms with Crippen LogP contribution in [0.15, 0.2) is 29.2 Å². The van der Waals surface area contributed by atoms with Crippen molar-refractivity contribution in [2.45, 2.75) is 44.6 Å². The molecule has 112 valence electrons. The zero-order valence-electron chi connectivity index (χ0n) is 12.0. The molecule has 5 nitrogen and oxygen atoms in total. The summed E-state index contributed by atoms with van der Waals surface area (Å²) in [7, 11) is -3.71. The molecule has 0 unspecified atom stereocenters. The highest BCUT2D eigenvalue weighted by atomic mass is 32.2.